The third kappa shape index (κ3) is 3.55. The van der Waals surface area contributed by atoms with E-state index in [9.17, 15) is 4.79 Å². The first-order valence-electron chi connectivity index (χ1n) is 5.80. The van der Waals surface area contributed by atoms with Crippen LogP contribution in [0.1, 0.15) is 27.0 Å². The summed E-state index contributed by atoms with van der Waals surface area (Å²) < 4.78 is 1.13. The second-order valence-electron chi connectivity index (χ2n) is 3.91. The van der Waals surface area contributed by atoms with Crippen molar-refractivity contribution in [2.75, 3.05) is 0 Å². The van der Waals surface area contributed by atoms with Gasteiger partial charge in [-0.05, 0) is 65.4 Å². The fourth-order valence-electron chi connectivity index (χ4n) is 1.58. The van der Waals surface area contributed by atoms with E-state index in [-0.39, 0.29) is 5.91 Å². The summed E-state index contributed by atoms with van der Waals surface area (Å²) in [6, 6.07) is 11.8. The van der Waals surface area contributed by atoms with Gasteiger partial charge in [-0.1, -0.05) is 6.92 Å². The Kier molecular flexibility index (Phi) is 4.77. The van der Waals surface area contributed by atoms with Crippen LogP contribution in [0.2, 0.25) is 0 Å². The topological polar surface area (TPSA) is 29.1 Å². The molecule has 0 saturated heterocycles. The van der Waals surface area contributed by atoms with Crippen LogP contribution in [0, 0.1) is 3.57 Å². The van der Waals surface area contributed by atoms with Gasteiger partial charge in [-0.15, -0.1) is 11.3 Å². The minimum absolute atomic E-state index is 0.0159. The molecule has 0 aliphatic rings. The van der Waals surface area contributed by atoms with Gasteiger partial charge in [0, 0.05) is 18.9 Å². The highest BCUT2D eigenvalue weighted by Gasteiger charge is 2.05. The van der Waals surface area contributed by atoms with Gasteiger partial charge in [0.1, 0.15) is 0 Å². The first-order valence-corrected chi connectivity index (χ1v) is 7.70. The van der Waals surface area contributed by atoms with Crippen molar-refractivity contribution in [3.63, 3.8) is 0 Å². The highest BCUT2D eigenvalue weighted by molar-refractivity contribution is 14.1. The third-order valence-electron chi connectivity index (χ3n) is 2.60. The lowest BCUT2D eigenvalue weighted by Gasteiger charge is -2.03. The smallest absolute Gasteiger partial charge is 0.251 e. The van der Waals surface area contributed by atoms with Crippen molar-refractivity contribution >= 4 is 39.8 Å². The molecule has 2 aromatic rings. The van der Waals surface area contributed by atoms with Gasteiger partial charge in [-0.3, -0.25) is 4.79 Å². The van der Waals surface area contributed by atoms with E-state index in [0.717, 1.165) is 9.99 Å². The molecule has 0 radical (unpaired) electrons. The van der Waals surface area contributed by atoms with Gasteiger partial charge in [-0.25, -0.2) is 0 Å². The number of hydrogen-bond donors (Lipinski definition) is 1. The Hall–Kier alpha value is -0.880. The van der Waals surface area contributed by atoms with Gasteiger partial charge in [0.2, 0.25) is 0 Å². The Balaban J connectivity index is 1.93. The van der Waals surface area contributed by atoms with Gasteiger partial charge in [0.25, 0.3) is 5.91 Å². The van der Waals surface area contributed by atoms with E-state index in [4.69, 9.17) is 0 Å². The molecule has 0 fully saturated rings. The molecule has 0 unspecified atom stereocenters. The molecule has 0 aliphatic heterocycles. The molecule has 94 valence electrons. The lowest BCUT2D eigenvalue weighted by atomic mass is 10.2. The summed E-state index contributed by atoms with van der Waals surface area (Å²) in [7, 11) is 0. The molecule has 0 spiro atoms. The number of nitrogens with one attached hydrogen (secondary N) is 1. The molecule has 2 rings (SSSR count). The Morgan fingerprint density at radius 2 is 1.83 bits per heavy atom. The van der Waals surface area contributed by atoms with Crippen molar-refractivity contribution in [1.82, 2.24) is 5.32 Å². The maximum absolute atomic E-state index is 11.9. The molecule has 4 heteroatoms. The molecule has 1 N–H and O–H groups in total. The maximum atomic E-state index is 11.9. The van der Waals surface area contributed by atoms with E-state index >= 15 is 0 Å². The van der Waals surface area contributed by atoms with Crippen LogP contribution in [0.25, 0.3) is 0 Å². The van der Waals surface area contributed by atoms with Crippen molar-refractivity contribution in [2.45, 2.75) is 19.9 Å². The average Bonchev–Trinajstić information content (AvgIpc) is 2.85. The average molecular weight is 371 g/mol. The standard InChI is InChI=1S/C14H14INOS/c1-2-12-7-8-13(18-12)9-16-14(17)10-3-5-11(15)6-4-10/h3-8H,2,9H2,1H3,(H,16,17). The summed E-state index contributed by atoms with van der Waals surface area (Å²) >= 11 is 3.98. The number of carbonyl (C=O) groups is 1. The molecule has 1 heterocycles. The van der Waals surface area contributed by atoms with Crippen LogP contribution >= 0.6 is 33.9 Å². The minimum Gasteiger partial charge on any atom is -0.347 e. The molecular formula is C14H14INOS. The van der Waals surface area contributed by atoms with E-state index in [2.05, 4.69) is 47.0 Å². The quantitative estimate of drug-likeness (QED) is 0.813. The molecule has 2 nitrogen and oxygen atoms in total. The molecule has 18 heavy (non-hydrogen) atoms. The van der Waals surface area contributed by atoms with Crippen LogP contribution in [0.4, 0.5) is 0 Å². The van der Waals surface area contributed by atoms with Crippen LogP contribution < -0.4 is 5.32 Å². The molecule has 0 saturated carbocycles. The highest BCUT2D eigenvalue weighted by atomic mass is 127. The van der Waals surface area contributed by atoms with Crippen LogP contribution in [-0.2, 0) is 13.0 Å². The number of halogens is 1. The lowest BCUT2D eigenvalue weighted by Crippen LogP contribution is -2.22. The molecular weight excluding hydrogens is 357 g/mol. The van der Waals surface area contributed by atoms with Crippen LogP contribution in [0.15, 0.2) is 36.4 Å². The van der Waals surface area contributed by atoms with Gasteiger partial charge >= 0.3 is 0 Å². The van der Waals surface area contributed by atoms with Crippen LogP contribution in [0.5, 0.6) is 0 Å². The van der Waals surface area contributed by atoms with E-state index in [1.807, 2.05) is 24.3 Å². The Morgan fingerprint density at radius 1 is 1.17 bits per heavy atom. The molecule has 1 aromatic heterocycles. The maximum Gasteiger partial charge on any atom is 0.251 e. The summed E-state index contributed by atoms with van der Waals surface area (Å²) in [6.45, 7) is 2.75. The molecule has 0 aliphatic carbocycles. The zero-order chi connectivity index (χ0) is 13.0. The summed E-state index contributed by atoms with van der Waals surface area (Å²) in [5, 5.41) is 2.94. The predicted octanol–water partition coefficient (Wildman–Crippen LogP) is 3.85. The third-order valence-corrected chi connectivity index (χ3v) is 4.54. The number of rotatable bonds is 4. The largest absolute Gasteiger partial charge is 0.347 e. The first kappa shape index (κ1) is 13.5. The van der Waals surface area contributed by atoms with Gasteiger partial charge in [-0.2, -0.15) is 0 Å². The van der Waals surface area contributed by atoms with E-state index in [0.29, 0.717) is 12.1 Å². The number of amides is 1. The minimum atomic E-state index is -0.0159. The Labute approximate surface area is 125 Å². The fraction of sp³-hybridized carbons (Fsp3) is 0.214. The summed E-state index contributed by atoms with van der Waals surface area (Å²) in [6.07, 6.45) is 1.05. The van der Waals surface area contributed by atoms with E-state index in [1.165, 1.54) is 9.75 Å². The summed E-state index contributed by atoms with van der Waals surface area (Å²) in [4.78, 5) is 14.5. The van der Waals surface area contributed by atoms with Crippen molar-refractivity contribution in [3.8, 4) is 0 Å². The van der Waals surface area contributed by atoms with Crippen molar-refractivity contribution in [1.29, 1.82) is 0 Å². The normalized spacial score (nSPS) is 10.3. The van der Waals surface area contributed by atoms with Crippen molar-refractivity contribution in [2.24, 2.45) is 0 Å². The van der Waals surface area contributed by atoms with Gasteiger partial charge in [0.15, 0.2) is 0 Å². The number of hydrogen-bond acceptors (Lipinski definition) is 2. The SMILES string of the molecule is CCc1ccc(CNC(=O)c2ccc(I)cc2)s1. The zero-order valence-electron chi connectivity index (χ0n) is 10.1. The van der Waals surface area contributed by atoms with Crippen LogP contribution in [0.3, 0.4) is 0 Å². The van der Waals surface area contributed by atoms with Crippen LogP contribution in [-0.4, -0.2) is 5.91 Å². The zero-order valence-corrected chi connectivity index (χ0v) is 13.0. The lowest BCUT2D eigenvalue weighted by molar-refractivity contribution is 0.0951. The Morgan fingerprint density at radius 3 is 2.44 bits per heavy atom. The molecule has 1 aromatic carbocycles. The van der Waals surface area contributed by atoms with Crippen molar-refractivity contribution < 1.29 is 4.79 Å². The second-order valence-corrected chi connectivity index (χ2v) is 6.41. The number of benzene rings is 1. The molecule has 1 amide bonds. The van der Waals surface area contributed by atoms with Crippen molar-refractivity contribution in [3.05, 3.63) is 55.3 Å². The number of aryl methyl sites for hydroxylation is 1. The number of carbonyl (C=O) groups excluding carboxylic acids is 1. The highest BCUT2D eigenvalue weighted by Crippen LogP contribution is 2.16. The molecule has 0 atom stereocenters. The fourth-order valence-corrected chi connectivity index (χ4v) is 2.84. The Bertz CT molecular complexity index is 533. The summed E-state index contributed by atoms with van der Waals surface area (Å²) in [5.41, 5.74) is 0.711. The number of thiophene rings is 1. The van der Waals surface area contributed by atoms with E-state index < -0.39 is 0 Å². The first-order chi connectivity index (χ1) is 8.69. The second kappa shape index (κ2) is 6.33. The van der Waals surface area contributed by atoms with Gasteiger partial charge < -0.3 is 5.32 Å². The predicted molar refractivity (Wildman–Crippen MR) is 84.0 cm³/mol. The monoisotopic (exact) mass is 371 g/mol. The van der Waals surface area contributed by atoms with Gasteiger partial charge in [0.05, 0.1) is 6.54 Å². The van der Waals surface area contributed by atoms with E-state index in [1.54, 1.807) is 11.3 Å². The summed E-state index contributed by atoms with van der Waals surface area (Å²) in [5.74, 6) is -0.0159. The molecule has 0 bridgehead atoms.